The summed E-state index contributed by atoms with van der Waals surface area (Å²) in [5.41, 5.74) is 13.0. The third-order valence-electron chi connectivity index (χ3n) is 12.5. The molecule has 420 valence electrons. The summed E-state index contributed by atoms with van der Waals surface area (Å²) in [5.74, 6) is -7.82. The van der Waals surface area contributed by atoms with Crippen LogP contribution in [-0.4, -0.2) is 140 Å². The quantitative estimate of drug-likeness (QED) is 0.0417. The predicted octanol–water partition coefficient (Wildman–Crippen LogP) is 0.199. The number of amides is 8. The van der Waals surface area contributed by atoms with E-state index < -0.39 is 114 Å². The summed E-state index contributed by atoms with van der Waals surface area (Å²) < 4.78 is 0. The maximum atomic E-state index is 14.5. The van der Waals surface area contributed by atoms with Gasteiger partial charge in [-0.25, -0.2) is 9.78 Å². The molecule has 0 radical (unpaired) electrons. The second-order valence-electron chi connectivity index (χ2n) is 20.7. The molecule has 11 atom stereocenters. The molecule has 0 spiro atoms. The molecule has 0 aliphatic heterocycles. The molecule has 0 aliphatic rings. The van der Waals surface area contributed by atoms with Crippen LogP contribution in [-0.2, 0) is 56.0 Å². The third kappa shape index (κ3) is 23.3. The Labute approximate surface area is 441 Å². The van der Waals surface area contributed by atoms with Crippen LogP contribution in [0, 0.1) is 23.7 Å². The number of hydrogen-bond acceptors (Lipinski definition) is 13. The van der Waals surface area contributed by atoms with Crippen molar-refractivity contribution in [3.63, 3.8) is 0 Å². The molecule has 75 heavy (non-hydrogen) atoms. The number of aromatic nitrogens is 2. The zero-order chi connectivity index (χ0) is 56.5. The number of aromatic amines is 1. The molecule has 1 aromatic carbocycles. The van der Waals surface area contributed by atoms with E-state index in [0.29, 0.717) is 37.1 Å². The Balaban J connectivity index is 2.44. The van der Waals surface area contributed by atoms with Crippen LogP contribution >= 0.6 is 0 Å². The Bertz CT molecular complexity index is 2140. The molecule has 0 saturated carbocycles. The molecule has 0 saturated heterocycles. The van der Waals surface area contributed by atoms with Gasteiger partial charge in [0.15, 0.2) is 0 Å². The van der Waals surface area contributed by atoms with Gasteiger partial charge in [-0.1, -0.05) is 92.1 Å². The van der Waals surface area contributed by atoms with Gasteiger partial charge in [-0.15, -0.1) is 0 Å². The van der Waals surface area contributed by atoms with Gasteiger partial charge in [0.05, 0.1) is 18.5 Å². The van der Waals surface area contributed by atoms with Gasteiger partial charge >= 0.3 is 5.97 Å². The fourth-order valence-electron chi connectivity index (χ4n) is 7.94. The number of carboxylic acid groups (broad SMARTS) is 1. The van der Waals surface area contributed by atoms with Gasteiger partial charge in [0.2, 0.25) is 47.3 Å². The van der Waals surface area contributed by atoms with Crippen molar-refractivity contribution in [2.45, 2.75) is 188 Å². The first kappa shape index (κ1) is 64.7. The Hall–Kier alpha value is -6.46. The Morgan fingerprint density at radius 2 is 1.04 bits per heavy atom. The lowest BCUT2D eigenvalue weighted by atomic mass is 9.97. The van der Waals surface area contributed by atoms with Crippen LogP contribution in [0.2, 0.25) is 0 Å². The Morgan fingerprint density at radius 1 is 0.573 bits per heavy atom. The molecule has 0 fully saturated rings. The van der Waals surface area contributed by atoms with Crippen molar-refractivity contribution in [3.05, 3.63) is 54.1 Å². The van der Waals surface area contributed by atoms with Gasteiger partial charge in [0.25, 0.3) is 0 Å². The smallest absolute Gasteiger partial charge is 0.326 e. The molecule has 2 aromatic rings. The fourth-order valence-corrected chi connectivity index (χ4v) is 7.94. The molecule has 1 heterocycles. The van der Waals surface area contributed by atoms with E-state index in [2.05, 4.69) is 52.5 Å². The van der Waals surface area contributed by atoms with E-state index in [-0.39, 0.29) is 62.2 Å². The van der Waals surface area contributed by atoms with Gasteiger partial charge in [-0.05, 0) is 88.2 Å². The highest BCUT2D eigenvalue weighted by Crippen LogP contribution is 2.14. The second kappa shape index (κ2) is 32.8. The van der Waals surface area contributed by atoms with E-state index in [0.717, 1.165) is 0 Å². The molecular formula is C52H86N12O11. The number of nitrogens with zero attached hydrogens (tertiary/aromatic N) is 1. The van der Waals surface area contributed by atoms with Crippen molar-refractivity contribution in [2.75, 3.05) is 6.54 Å². The summed E-state index contributed by atoms with van der Waals surface area (Å²) >= 11 is 0. The van der Waals surface area contributed by atoms with E-state index in [9.17, 15) is 53.4 Å². The summed E-state index contributed by atoms with van der Waals surface area (Å²) in [6, 6.07) is -2.49. The van der Waals surface area contributed by atoms with Crippen molar-refractivity contribution in [2.24, 2.45) is 35.1 Å². The molecule has 2 rings (SSSR count). The molecule has 8 amide bonds. The number of carboxylic acids is 1. The standard InChI is InChI=1S/C52H86N12O11/c1-11-31(8)42(54)50(72)62-37(21-28(2)3)46(68)57-32(9)44(66)58-36(19-15-16-20-53)45(67)60-39(24-34-17-13-12-14-18-34)48(70)59-38(22-29(4)5)47(69)61-40(25-35-26-55-27-56-35)49(71)64-43(33(10)65)51(73)63-41(52(74)75)23-30(6)7/h12-14,17-18,26-33,36-43,65H,11,15-16,19-25,53-54H2,1-10H3,(H,55,56)(H,57,68)(H,58,66)(H,59,70)(H,60,67)(H,61,69)(H,62,72)(H,63,73)(H,64,71)(H,74,75)/t31-,32-,33+,36-,37-,38-,39-,40-,41-,42-,43-/m0/s1. The van der Waals surface area contributed by atoms with Gasteiger partial charge in [-0.3, -0.25) is 38.4 Å². The van der Waals surface area contributed by atoms with E-state index in [1.165, 1.54) is 26.4 Å². The zero-order valence-electron chi connectivity index (χ0n) is 45.4. The zero-order valence-corrected chi connectivity index (χ0v) is 45.4. The van der Waals surface area contributed by atoms with Crippen LogP contribution < -0.4 is 54.0 Å². The summed E-state index contributed by atoms with van der Waals surface area (Å²) in [6.07, 6.45) is 3.06. The number of carbonyl (C=O) groups excluding carboxylic acids is 8. The summed E-state index contributed by atoms with van der Waals surface area (Å²) in [5, 5.41) is 41.5. The lowest BCUT2D eigenvalue weighted by molar-refractivity contribution is -0.143. The highest BCUT2D eigenvalue weighted by atomic mass is 16.4. The molecule has 23 heteroatoms. The highest BCUT2D eigenvalue weighted by molar-refractivity contribution is 5.98. The van der Waals surface area contributed by atoms with Crippen molar-refractivity contribution in [1.82, 2.24) is 52.5 Å². The van der Waals surface area contributed by atoms with E-state index in [1.54, 1.807) is 44.2 Å². The van der Waals surface area contributed by atoms with E-state index >= 15 is 0 Å². The van der Waals surface area contributed by atoms with Crippen molar-refractivity contribution < 1.29 is 53.4 Å². The number of nitrogens with two attached hydrogens (primary N) is 2. The average molecular weight is 1060 g/mol. The minimum atomic E-state index is -1.63. The molecular weight excluding hydrogens is 969 g/mol. The Kier molecular flexibility index (Phi) is 28.2. The van der Waals surface area contributed by atoms with E-state index in [4.69, 9.17) is 11.5 Å². The first-order valence-electron chi connectivity index (χ1n) is 26.1. The number of benzene rings is 1. The minimum Gasteiger partial charge on any atom is -0.480 e. The molecule has 1 aromatic heterocycles. The number of unbranched alkanes of at least 4 members (excludes halogenated alkanes) is 1. The second-order valence-corrected chi connectivity index (χ2v) is 20.7. The van der Waals surface area contributed by atoms with Gasteiger partial charge in [0.1, 0.15) is 48.3 Å². The summed E-state index contributed by atoms with van der Waals surface area (Å²) in [7, 11) is 0. The van der Waals surface area contributed by atoms with Crippen molar-refractivity contribution >= 4 is 53.2 Å². The van der Waals surface area contributed by atoms with Gasteiger partial charge in [0, 0.05) is 24.7 Å². The maximum absolute atomic E-state index is 14.5. The number of carbonyl (C=O) groups is 9. The number of nitrogens with one attached hydrogen (secondary N) is 9. The van der Waals surface area contributed by atoms with Crippen LogP contribution in [0.15, 0.2) is 42.9 Å². The van der Waals surface area contributed by atoms with Crippen LogP contribution in [0.5, 0.6) is 0 Å². The number of aliphatic hydroxyl groups excluding tert-OH is 1. The van der Waals surface area contributed by atoms with E-state index in [1.807, 2.05) is 41.5 Å². The summed E-state index contributed by atoms with van der Waals surface area (Å²) in [4.78, 5) is 130. The molecule has 23 nitrogen and oxygen atoms in total. The Morgan fingerprint density at radius 3 is 1.55 bits per heavy atom. The highest BCUT2D eigenvalue weighted by Gasteiger charge is 2.36. The largest absolute Gasteiger partial charge is 0.480 e. The minimum absolute atomic E-state index is 0.0135. The molecule has 0 unspecified atom stereocenters. The van der Waals surface area contributed by atoms with Crippen LogP contribution in [0.3, 0.4) is 0 Å². The lowest BCUT2D eigenvalue weighted by Gasteiger charge is -2.29. The van der Waals surface area contributed by atoms with Crippen LogP contribution in [0.4, 0.5) is 0 Å². The normalized spacial score (nSPS) is 15.8. The number of rotatable bonds is 34. The molecule has 0 aliphatic carbocycles. The predicted molar refractivity (Wildman–Crippen MR) is 282 cm³/mol. The van der Waals surface area contributed by atoms with Crippen molar-refractivity contribution in [1.29, 1.82) is 0 Å². The topological polar surface area (TPSA) is 371 Å². The van der Waals surface area contributed by atoms with Gasteiger partial charge < -0.3 is 69.2 Å². The lowest BCUT2D eigenvalue weighted by Crippen LogP contribution is -2.61. The number of imidazole rings is 1. The fraction of sp³-hybridized carbons (Fsp3) is 0.654. The number of hydrogen-bond donors (Lipinski definition) is 13. The van der Waals surface area contributed by atoms with Gasteiger partial charge in [-0.2, -0.15) is 0 Å². The van der Waals surface area contributed by atoms with Crippen LogP contribution in [0.1, 0.15) is 125 Å². The average Bonchev–Trinajstić information content (AvgIpc) is 3.86. The number of H-pyrrole nitrogens is 1. The molecule has 15 N–H and O–H groups in total. The summed E-state index contributed by atoms with van der Waals surface area (Å²) in [6.45, 7) is 17.6. The number of aliphatic hydroxyl groups is 1. The number of aliphatic carboxylic acids is 1. The first-order chi connectivity index (χ1) is 35.3. The van der Waals surface area contributed by atoms with Crippen molar-refractivity contribution in [3.8, 4) is 0 Å². The molecule has 0 bridgehead atoms. The SMILES string of the molecule is CC[C@H](C)[C@H](N)C(=O)N[C@@H](CC(C)C)C(=O)N[C@@H](C)C(=O)N[C@@H](CCCCN)C(=O)N[C@@H](Cc1ccccc1)C(=O)N[C@@H](CC(C)C)C(=O)N[C@@H](Cc1cnc[nH]1)C(=O)N[C@H](C(=O)N[C@@H](CC(C)C)C(=O)O)[C@@H](C)O. The first-order valence-corrected chi connectivity index (χ1v) is 26.1. The monoisotopic (exact) mass is 1050 g/mol. The van der Waals surface area contributed by atoms with Crippen LogP contribution in [0.25, 0.3) is 0 Å². The maximum Gasteiger partial charge on any atom is 0.326 e. The third-order valence-corrected chi connectivity index (χ3v) is 12.5.